The number of nitrogens with zero attached hydrogens (tertiary/aromatic N) is 3. The summed E-state index contributed by atoms with van der Waals surface area (Å²) in [5.41, 5.74) is 25.9. The van der Waals surface area contributed by atoms with E-state index in [0.717, 1.165) is 89.2 Å². The maximum Gasteiger partial charge on any atom is 0.416 e. The van der Waals surface area contributed by atoms with Gasteiger partial charge in [0.15, 0.2) is 0 Å². The molecule has 7 heteroatoms. The number of rotatable bonds is 6. The molecule has 3 heterocycles. The zero-order chi connectivity index (χ0) is 61.6. The normalized spacial score (nSPS) is 13.6. The molecular weight excluding hydrogens is 1070 g/mol. The smallest absolute Gasteiger partial charge is 0.311 e. The number of aryl methyl sites for hydroxylation is 3. The lowest BCUT2D eigenvalue weighted by Gasteiger charge is -2.45. The molecule has 13 rings (SSSR count). The third-order valence-electron chi connectivity index (χ3n) is 18.2. The van der Waals surface area contributed by atoms with Gasteiger partial charge in [-0.25, -0.2) is 0 Å². The van der Waals surface area contributed by atoms with E-state index in [1.54, 1.807) is 6.92 Å². The van der Waals surface area contributed by atoms with E-state index in [2.05, 4.69) is 281 Å². The van der Waals surface area contributed by atoms with Gasteiger partial charge in [0.1, 0.15) is 0 Å². The first-order chi connectivity index (χ1) is 41.0. The van der Waals surface area contributed by atoms with Gasteiger partial charge in [-0.05, 0) is 205 Å². The van der Waals surface area contributed by atoms with Gasteiger partial charge in [0.25, 0.3) is 6.71 Å². The van der Waals surface area contributed by atoms with Gasteiger partial charge in [0.2, 0.25) is 0 Å². The molecule has 0 fully saturated rings. The highest BCUT2D eigenvalue weighted by Gasteiger charge is 2.44. The lowest BCUT2D eigenvalue weighted by molar-refractivity contribution is -0.137. The molecule has 1 aromatic heterocycles. The summed E-state index contributed by atoms with van der Waals surface area (Å²) in [6, 6.07) is 70.3. The summed E-state index contributed by atoms with van der Waals surface area (Å²) in [6.07, 6.45) is -4.48. The number of hydrogen-bond acceptors (Lipinski definition) is 2. The van der Waals surface area contributed by atoms with E-state index in [1.807, 2.05) is 12.1 Å². The Labute approximate surface area is 513 Å². The fourth-order valence-corrected chi connectivity index (χ4v) is 13.6. The number of hydrogen-bond donors (Lipinski definition) is 0. The number of aromatic nitrogens is 1. The number of para-hydroxylation sites is 3. The number of anilines is 6. The fraction of sp³-hybridized carbons (Fsp3) is 0.250. The van der Waals surface area contributed by atoms with E-state index in [4.69, 9.17) is 0 Å². The molecule has 0 radical (unpaired) electrons. The zero-order valence-electron chi connectivity index (χ0n) is 53.0. The molecule has 436 valence electrons. The van der Waals surface area contributed by atoms with E-state index >= 15 is 0 Å². The minimum atomic E-state index is -4.48. The van der Waals surface area contributed by atoms with Crippen LogP contribution >= 0.6 is 0 Å². The molecule has 2 aliphatic heterocycles. The standard InChI is InChI=1S/C80H77BF3N3/c1-48-32-49(2)35-55(34-48)64-38-51(53-33-50(3)36-60(37-53)80(82,83)84)28-30-69(64)87-68-25-19-16-22-63(68)65-39-52(29-31-70(65)87)54-40-73-75-74(41-54)86(62-46-58(78(10,11)12)43-59(47-62)79(13,14)15)72-27-21-18-24-67(72)81(75)66-23-17-20-26-71(66)85(73)61-44-56(76(4,5)6)42-57(45-61)77(7,8)9/h16-47H,1-15H3. The van der Waals surface area contributed by atoms with E-state index < -0.39 is 11.7 Å². The van der Waals surface area contributed by atoms with E-state index in [9.17, 15) is 13.2 Å². The van der Waals surface area contributed by atoms with Crippen molar-refractivity contribution in [1.82, 2.24) is 4.57 Å². The number of benzene rings is 10. The zero-order valence-corrected chi connectivity index (χ0v) is 53.0. The molecule has 0 spiro atoms. The molecule has 0 atom stereocenters. The molecule has 0 N–H and O–H groups in total. The van der Waals surface area contributed by atoms with Crippen molar-refractivity contribution in [3.05, 3.63) is 239 Å². The molecule has 11 aromatic rings. The molecule has 0 amide bonds. The summed E-state index contributed by atoms with van der Waals surface area (Å²) in [7, 11) is 0. The van der Waals surface area contributed by atoms with Gasteiger partial charge in [-0.2, -0.15) is 13.2 Å². The highest BCUT2D eigenvalue weighted by Crippen LogP contribution is 2.50. The Morgan fingerprint density at radius 1 is 0.322 bits per heavy atom. The van der Waals surface area contributed by atoms with Crippen LogP contribution in [-0.2, 0) is 27.8 Å². The summed E-state index contributed by atoms with van der Waals surface area (Å²) >= 11 is 0. The molecular formula is C80H77BF3N3. The van der Waals surface area contributed by atoms with Gasteiger partial charge in [-0.1, -0.05) is 197 Å². The summed E-state index contributed by atoms with van der Waals surface area (Å²) in [6.45, 7) is 33.7. The third-order valence-corrected chi connectivity index (χ3v) is 18.2. The molecule has 10 aromatic carbocycles. The van der Waals surface area contributed by atoms with Crippen LogP contribution in [0.25, 0.3) is 60.9 Å². The minimum absolute atomic E-state index is 0.0550. The maximum atomic E-state index is 14.4. The second kappa shape index (κ2) is 20.3. The van der Waals surface area contributed by atoms with Gasteiger partial charge in [0, 0.05) is 50.5 Å². The van der Waals surface area contributed by atoms with Crippen LogP contribution in [0.1, 0.15) is 128 Å². The number of halogens is 3. The highest BCUT2D eigenvalue weighted by molar-refractivity contribution is 7.00. The fourth-order valence-electron chi connectivity index (χ4n) is 13.6. The Balaban J connectivity index is 1.10. The van der Waals surface area contributed by atoms with Crippen molar-refractivity contribution in [2.24, 2.45) is 0 Å². The molecule has 3 nitrogen and oxygen atoms in total. The Bertz CT molecular complexity index is 4370. The van der Waals surface area contributed by atoms with Crippen LogP contribution in [0.15, 0.2) is 194 Å². The van der Waals surface area contributed by atoms with Crippen LogP contribution in [0.2, 0.25) is 0 Å². The van der Waals surface area contributed by atoms with Crippen LogP contribution in [-0.4, -0.2) is 11.3 Å². The summed E-state index contributed by atoms with van der Waals surface area (Å²) in [5, 5.41) is 2.20. The predicted molar refractivity (Wildman–Crippen MR) is 365 cm³/mol. The van der Waals surface area contributed by atoms with Gasteiger partial charge in [-0.3, -0.25) is 0 Å². The lowest BCUT2D eigenvalue weighted by atomic mass is 9.33. The molecule has 87 heavy (non-hydrogen) atoms. The Kier molecular flexibility index (Phi) is 13.4. The molecule has 0 bridgehead atoms. The topological polar surface area (TPSA) is 11.4 Å². The van der Waals surface area contributed by atoms with E-state index in [-0.39, 0.29) is 28.4 Å². The van der Waals surface area contributed by atoms with E-state index in [0.29, 0.717) is 11.1 Å². The van der Waals surface area contributed by atoms with Crippen molar-refractivity contribution in [2.45, 2.75) is 132 Å². The van der Waals surface area contributed by atoms with Gasteiger partial charge >= 0.3 is 6.18 Å². The summed E-state index contributed by atoms with van der Waals surface area (Å²) in [5.74, 6) is 0. The summed E-state index contributed by atoms with van der Waals surface area (Å²) < 4.78 is 45.5. The first-order valence-electron chi connectivity index (χ1n) is 30.7. The average Bonchev–Trinajstić information content (AvgIpc) is 0.916. The van der Waals surface area contributed by atoms with Crippen LogP contribution in [0.4, 0.5) is 47.3 Å². The van der Waals surface area contributed by atoms with Crippen molar-refractivity contribution in [3.63, 3.8) is 0 Å². The van der Waals surface area contributed by atoms with Crippen molar-refractivity contribution >= 4 is 79.0 Å². The van der Waals surface area contributed by atoms with E-state index in [1.165, 1.54) is 62.1 Å². The molecule has 0 aliphatic carbocycles. The van der Waals surface area contributed by atoms with Crippen LogP contribution in [0.3, 0.4) is 0 Å². The first-order valence-corrected chi connectivity index (χ1v) is 30.7. The second-order valence-electron chi connectivity index (χ2n) is 29.0. The largest absolute Gasteiger partial charge is 0.416 e. The minimum Gasteiger partial charge on any atom is -0.311 e. The quantitative estimate of drug-likeness (QED) is 0.154. The third kappa shape index (κ3) is 10.1. The Morgan fingerprint density at radius 3 is 1.28 bits per heavy atom. The van der Waals surface area contributed by atoms with Crippen molar-refractivity contribution in [3.8, 4) is 39.1 Å². The second-order valence-corrected chi connectivity index (χ2v) is 29.0. The average molecular weight is 1150 g/mol. The molecule has 0 saturated heterocycles. The molecule has 2 aliphatic rings. The number of fused-ring (bicyclic) bond motifs is 7. The molecule has 0 unspecified atom stereocenters. The maximum absolute atomic E-state index is 14.4. The summed E-state index contributed by atoms with van der Waals surface area (Å²) in [4.78, 5) is 5.14. The van der Waals surface area contributed by atoms with Gasteiger partial charge in [-0.15, -0.1) is 0 Å². The van der Waals surface area contributed by atoms with Crippen molar-refractivity contribution < 1.29 is 13.2 Å². The van der Waals surface area contributed by atoms with Gasteiger partial charge in [0.05, 0.1) is 22.3 Å². The first kappa shape index (κ1) is 57.5. The van der Waals surface area contributed by atoms with Crippen LogP contribution in [0.5, 0.6) is 0 Å². The van der Waals surface area contributed by atoms with Crippen LogP contribution < -0.4 is 26.2 Å². The van der Waals surface area contributed by atoms with Crippen molar-refractivity contribution in [1.29, 1.82) is 0 Å². The lowest BCUT2D eigenvalue weighted by Crippen LogP contribution is -2.61. The Hall–Kier alpha value is -8.55. The SMILES string of the molecule is Cc1cc(C)cc(-c2cc(-c3cc(C)cc(C(F)(F)F)c3)ccc2-n2c3ccccc3c3cc(-c4cc5c6c(c4)N(c4cc(C(C)(C)C)cc(C(C)(C)C)c4)c4ccccc4B6c4ccccc4N5c4cc(C(C)(C)C)cc(C(C)(C)C)c4)ccc32)c1. The monoisotopic (exact) mass is 1150 g/mol. The molecule has 0 saturated carbocycles. The van der Waals surface area contributed by atoms with Crippen LogP contribution in [0, 0.1) is 20.8 Å². The Morgan fingerprint density at radius 2 is 0.759 bits per heavy atom. The predicted octanol–water partition coefficient (Wildman–Crippen LogP) is 21.0. The van der Waals surface area contributed by atoms with Crippen molar-refractivity contribution in [2.75, 3.05) is 9.80 Å². The number of alkyl halides is 3. The highest BCUT2D eigenvalue weighted by atomic mass is 19.4. The van der Waals surface area contributed by atoms with Gasteiger partial charge < -0.3 is 14.4 Å².